The summed E-state index contributed by atoms with van der Waals surface area (Å²) < 4.78 is 36.8. The average Bonchev–Trinajstić information content (AvgIpc) is 1.96. The molecule has 0 aliphatic rings. The summed E-state index contributed by atoms with van der Waals surface area (Å²) in [6.45, 7) is 0. The van der Waals surface area contributed by atoms with Crippen LogP contribution in [0.1, 0.15) is 12.1 Å². The van der Waals surface area contributed by atoms with Gasteiger partial charge in [0.2, 0.25) is 0 Å². The normalized spacial score (nSPS) is 10.8. The Morgan fingerprint density at radius 1 is 1.50 bits per heavy atom. The van der Waals surface area contributed by atoms with E-state index in [1.54, 1.807) is 0 Å². The lowest BCUT2D eigenvalue weighted by atomic mass is 10.3. The number of nitrogens with two attached hydrogens (primary N) is 1. The number of hydrogen-bond donors (Lipinski definition) is 1. The Morgan fingerprint density at radius 3 is 2.58 bits per heavy atom. The lowest BCUT2D eigenvalue weighted by molar-refractivity contribution is 0.144. The van der Waals surface area contributed by atoms with E-state index in [0.717, 1.165) is 6.07 Å². The van der Waals surface area contributed by atoms with Gasteiger partial charge in [0.15, 0.2) is 0 Å². The Morgan fingerprint density at radius 2 is 2.08 bits per heavy atom. The molecule has 2 N–H and O–H groups in total. The summed E-state index contributed by atoms with van der Waals surface area (Å²) in [4.78, 5) is 3.31. The molecule has 12 heavy (non-hydrogen) atoms. The molecule has 1 aromatic heterocycles. The summed E-state index contributed by atoms with van der Waals surface area (Å²) in [5.41, 5.74) is 4.47. The van der Waals surface area contributed by atoms with E-state index in [2.05, 4.69) is 4.98 Å². The minimum atomic E-state index is -2.80. The van der Waals surface area contributed by atoms with Gasteiger partial charge in [-0.3, -0.25) is 0 Å². The van der Waals surface area contributed by atoms with Gasteiger partial charge in [0, 0.05) is 6.07 Å². The van der Waals surface area contributed by atoms with Gasteiger partial charge in [-0.25, -0.2) is 18.2 Å². The van der Waals surface area contributed by atoms with Gasteiger partial charge in [-0.2, -0.15) is 0 Å². The summed E-state index contributed by atoms with van der Waals surface area (Å²) in [6, 6.07) is 0.910. The van der Waals surface area contributed by atoms with Gasteiger partial charge >= 0.3 is 0 Å². The van der Waals surface area contributed by atoms with Crippen LogP contribution in [0.3, 0.4) is 0 Å². The summed E-state index contributed by atoms with van der Waals surface area (Å²) >= 11 is 1.46. The fourth-order valence-corrected chi connectivity index (χ4v) is 1.19. The lowest BCUT2D eigenvalue weighted by Gasteiger charge is -2.03. The summed E-state index contributed by atoms with van der Waals surface area (Å²) in [5.74, 6) is -0.999. The van der Waals surface area contributed by atoms with Crippen molar-refractivity contribution in [2.45, 2.75) is 6.43 Å². The lowest BCUT2D eigenvalue weighted by Crippen LogP contribution is -2.02. The van der Waals surface area contributed by atoms with Crippen LogP contribution in [0.5, 0.6) is 0 Å². The van der Waals surface area contributed by atoms with Crippen molar-refractivity contribution in [3.05, 3.63) is 21.1 Å². The molecule has 0 radical (unpaired) electrons. The molecule has 1 rings (SSSR count). The molecule has 0 amide bonds. The smallest absolute Gasteiger partial charge is 0.281 e. The first-order valence-electron chi connectivity index (χ1n) is 2.92. The first-order chi connectivity index (χ1) is 5.52. The quantitative estimate of drug-likeness (QED) is 0.806. The number of rotatable bonds is 1. The summed E-state index contributed by atoms with van der Waals surface area (Å²) in [7, 11) is 0. The zero-order valence-electron chi connectivity index (χ0n) is 5.69. The molecular formula is C6H4F3IN2. The van der Waals surface area contributed by atoms with E-state index in [1.165, 1.54) is 22.6 Å². The monoisotopic (exact) mass is 288 g/mol. The number of nitrogens with zero attached hydrogens (tertiary/aromatic N) is 1. The van der Waals surface area contributed by atoms with Crippen molar-refractivity contribution >= 4 is 28.4 Å². The van der Waals surface area contributed by atoms with Gasteiger partial charge in [-0.05, 0) is 22.6 Å². The van der Waals surface area contributed by atoms with E-state index in [0.29, 0.717) is 0 Å². The molecule has 66 valence electrons. The van der Waals surface area contributed by atoms with Gasteiger partial charge in [0.1, 0.15) is 17.3 Å². The van der Waals surface area contributed by atoms with Crippen LogP contribution in [-0.2, 0) is 0 Å². The van der Waals surface area contributed by atoms with Crippen LogP contribution in [0, 0.1) is 9.39 Å². The van der Waals surface area contributed by atoms with Gasteiger partial charge in [-0.1, -0.05) is 0 Å². The van der Waals surface area contributed by atoms with E-state index < -0.39 is 17.9 Å². The second-order valence-electron chi connectivity index (χ2n) is 2.03. The fraction of sp³-hybridized carbons (Fsp3) is 0.167. The molecule has 0 atom stereocenters. The average molecular weight is 288 g/mol. The maximum atomic E-state index is 12.7. The van der Waals surface area contributed by atoms with E-state index in [4.69, 9.17) is 5.73 Å². The molecule has 0 bridgehead atoms. The standard InChI is InChI=1S/C6H4F3IN2/c7-2-1-3(11)12-5(4(2)10)6(8)9/h1,6H,(H2,11,12). The van der Waals surface area contributed by atoms with Crippen LogP contribution in [-0.4, -0.2) is 4.98 Å². The predicted molar refractivity (Wildman–Crippen MR) is 46.3 cm³/mol. The Bertz CT molecular complexity index is 303. The molecule has 1 heterocycles. The number of halogens is 4. The highest BCUT2D eigenvalue weighted by Crippen LogP contribution is 2.25. The highest BCUT2D eigenvalue weighted by molar-refractivity contribution is 14.1. The van der Waals surface area contributed by atoms with Crippen molar-refractivity contribution in [1.82, 2.24) is 4.98 Å². The van der Waals surface area contributed by atoms with Crippen LogP contribution >= 0.6 is 22.6 Å². The van der Waals surface area contributed by atoms with Gasteiger partial charge in [-0.15, -0.1) is 0 Å². The Hall–Kier alpha value is -0.530. The maximum Gasteiger partial charge on any atom is 0.281 e. The van der Waals surface area contributed by atoms with Crippen molar-refractivity contribution < 1.29 is 13.2 Å². The fourth-order valence-electron chi connectivity index (χ4n) is 0.681. The van der Waals surface area contributed by atoms with Gasteiger partial charge in [0.25, 0.3) is 6.43 Å². The first kappa shape index (κ1) is 9.56. The van der Waals surface area contributed by atoms with Crippen molar-refractivity contribution in [2.24, 2.45) is 0 Å². The third-order valence-corrected chi connectivity index (χ3v) is 2.23. The molecule has 6 heteroatoms. The Labute approximate surface area is 80.1 Å². The predicted octanol–water partition coefficient (Wildman–Crippen LogP) is 2.35. The van der Waals surface area contributed by atoms with Crippen molar-refractivity contribution in [3.8, 4) is 0 Å². The maximum absolute atomic E-state index is 12.7. The molecular weight excluding hydrogens is 284 g/mol. The van der Waals surface area contributed by atoms with E-state index in [-0.39, 0.29) is 9.39 Å². The molecule has 0 unspecified atom stereocenters. The van der Waals surface area contributed by atoms with Crippen LogP contribution in [0.25, 0.3) is 0 Å². The molecule has 2 nitrogen and oxygen atoms in total. The zero-order chi connectivity index (χ0) is 9.30. The SMILES string of the molecule is Nc1cc(F)c(I)c(C(F)F)n1. The second kappa shape index (κ2) is 3.46. The number of nitrogen functional groups attached to an aromatic ring is 1. The number of alkyl halides is 2. The van der Waals surface area contributed by atoms with Gasteiger partial charge in [0.05, 0.1) is 3.57 Å². The van der Waals surface area contributed by atoms with Crippen molar-refractivity contribution in [2.75, 3.05) is 5.73 Å². The minimum Gasteiger partial charge on any atom is -0.384 e. The van der Waals surface area contributed by atoms with Gasteiger partial charge < -0.3 is 5.73 Å². The topological polar surface area (TPSA) is 38.9 Å². The van der Waals surface area contributed by atoms with Crippen LogP contribution < -0.4 is 5.73 Å². The summed E-state index contributed by atoms with van der Waals surface area (Å²) in [6.07, 6.45) is -2.80. The van der Waals surface area contributed by atoms with E-state index in [1.807, 2.05) is 0 Å². The number of aromatic nitrogens is 1. The minimum absolute atomic E-state index is 0.184. The molecule has 1 aromatic rings. The highest BCUT2D eigenvalue weighted by atomic mass is 127. The number of hydrogen-bond acceptors (Lipinski definition) is 2. The second-order valence-corrected chi connectivity index (χ2v) is 3.11. The molecule has 0 aromatic carbocycles. The molecule has 0 aliphatic carbocycles. The van der Waals surface area contributed by atoms with Crippen LogP contribution in [0.2, 0.25) is 0 Å². The third kappa shape index (κ3) is 1.79. The van der Waals surface area contributed by atoms with E-state index >= 15 is 0 Å². The molecule has 0 fully saturated rings. The third-order valence-electron chi connectivity index (χ3n) is 1.17. The summed E-state index contributed by atoms with van der Waals surface area (Å²) in [5, 5.41) is 0. The molecule has 0 spiro atoms. The molecule has 0 saturated carbocycles. The first-order valence-corrected chi connectivity index (χ1v) is 4.00. The number of anilines is 1. The van der Waals surface area contributed by atoms with Crippen molar-refractivity contribution in [1.29, 1.82) is 0 Å². The Kier molecular flexibility index (Phi) is 2.76. The van der Waals surface area contributed by atoms with Crippen molar-refractivity contribution in [3.63, 3.8) is 0 Å². The number of pyridine rings is 1. The zero-order valence-corrected chi connectivity index (χ0v) is 7.85. The van der Waals surface area contributed by atoms with Crippen LogP contribution in [0.4, 0.5) is 19.0 Å². The van der Waals surface area contributed by atoms with Crippen LogP contribution in [0.15, 0.2) is 6.07 Å². The van der Waals surface area contributed by atoms with E-state index in [9.17, 15) is 13.2 Å². The Balaban J connectivity index is 3.28. The molecule has 0 saturated heterocycles. The highest BCUT2D eigenvalue weighted by Gasteiger charge is 2.17. The molecule has 0 aliphatic heterocycles. The largest absolute Gasteiger partial charge is 0.384 e.